The molecule has 0 aliphatic carbocycles. The molecule has 0 atom stereocenters. The molecular formula is C42H27OPS2. The number of hydrogen-bond donors (Lipinski definition) is 0. The van der Waals surface area contributed by atoms with Crippen LogP contribution in [0.2, 0.25) is 0 Å². The number of thiophene rings is 2. The van der Waals surface area contributed by atoms with E-state index in [-0.39, 0.29) is 0 Å². The molecule has 9 rings (SSSR count). The molecule has 0 aliphatic rings. The van der Waals surface area contributed by atoms with Gasteiger partial charge in [0.25, 0.3) is 0 Å². The molecule has 0 unspecified atom stereocenters. The van der Waals surface area contributed by atoms with Gasteiger partial charge < -0.3 is 4.57 Å². The summed E-state index contributed by atoms with van der Waals surface area (Å²) in [5, 5.41) is 7.70. The summed E-state index contributed by atoms with van der Waals surface area (Å²) in [5.74, 6) is 0. The van der Waals surface area contributed by atoms with Crippen molar-refractivity contribution in [3.8, 4) is 22.3 Å². The number of hydrogen-bond acceptors (Lipinski definition) is 3. The predicted molar refractivity (Wildman–Crippen MR) is 202 cm³/mol. The van der Waals surface area contributed by atoms with Gasteiger partial charge >= 0.3 is 0 Å². The fourth-order valence-corrected chi connectivity index (χ4v) is 11.5. The Bertz CT molecular complexity index is 2570. The molecule has 4 heteroatoms. The Morgan fingerprint density at radius 3 is 1.28 bits per heavy atom. The number of fused-ring (bicyclic) bond motifs is 6. The fraction of sp³-hybridized carbons (Fsp3) is 0. The molecule has 2 heterocycles. The maximum absolute atomic E-state index is 15.1. The first kappa shape index (κ1) is 27.5. The largest absolute Gasteiger partial charge is 0.309 e. The average Bonchev–Trinajstić information content (AvgIpc) is 3.69. The van der Waals surface area contributed by atoms with Gasteiger partial charge in [0, 0.05) is 56.3 Å². The van der Waals surface area contributed by atoms with Crippen molar-refractivity contribution in [1.29, 1.82) is 0 Å². The zero-order chi connectivity index (χ0) is 30.7. The van der Waals surface area contributed by atoms with Gasteiger partial charge in [0.1, 0.15) is 0 Å². The fourth-order valence-electron chi connectivity index (χ4n) is 6.65. The van der Waals surface area contributed by atoms with Gasteiger partial charge in [0.2, 0.25) is 0 Å². The Morgan fingerprint density at radius 2 is 0.739 bits per heavy atom. The van der Waals surface area contributed by atoms with Gasteiger partial charge in [-0.2, -0.15) is 0 Å². The molecule has 46 heavy (non-hydrogen) atoms. The molecule has 9 aromatic rings. The smallest absolute Gasteiger partial charge is 0.171 e. The van der Waals surface area contributed by atoms with E-state index < -0.39 is 7.14 Å². The van der Waals surface area contributed by atoms with E-state index in [1.165, 1.54) is 51.5 Å². The highest BCUT2D eigenvalue weighted by Gasteiger charge is 2.29. The van der Waals surface area contributed by atoms with Crippen molar-refractivity contribution in [3.63, 3.8) is 0 Å². The van der Waals surface area contributed by atoms with E-state index in [0.29, 0.717) is 0 Å². The Morgan fingerprint density at radius 1 is 0.326 bits per heavy atom. The molecule has 0 fully saturated rings. The van der Waals surface area contributed by atoms with Crippen LogP contribution in [0.4, 0.5) is 0 Å². The molecule has 2 aromatic heterocycles. The highest BCUT2D eigenvalue weighted by molar-refractivity contribution is 7.85. The van der Waals surface area contributed by atoms with Crippen molar-refractivity contribution < 1.29 is 4.57 Å². The van der Waals surface area contributed by atoms with Crippen LogP contribution >= 0.6 is 29.8 Å². The van der Waals surface area contributed by atoms with Crippen LogP contribution in [0.15, 0.2) is 164 Å². The second kappa shape index (κ2) is 10.9. The number of rotatable bonds is 5. The minimum Gasteiger partial charge on any atom is -0.309 e. The van der Waals surface area contributed by atoms with E-state index in [1.54, 1.807) is 0 Å². The van der Waals surface area contributed by atoms with Crippen molar-refractivity contribution in [3.05, 3.63) is 164 Å². The number of benzene rings is 7. The predicted octanol–water partition coefficient (Wildman–Crippen LogP) is 11.4. The van der Waals surface area contributed by atoms with E-state index in [1.807, 2.05) is 95.5 Å². The van der Waals surface area contributed by atoms with Crippen LogP contribution in [0.25, 0.3) is 62.6 Å². The summed E-state index contributed by atoms with van der Waals surface area (Å²) in [6.07, 6.45) is 0. The minimum absolute atomic E-state index is 0.844. The summed E-state index contributed by atoms with van der Waals surface area (Å²) in [6.45, 7) is 0. The molecule has 0 aliphatic heterocycles. The first-order chi connectivity index (χ1) is 22.6. The Hall–Kier alpha value is -4.79. The Kier molecular flexibility index (Phi) is 6.54. The van der Waals surface area contributed by atoms with Gasteiger partial charge in [-0.05, 0) is 70.8 Å². The normalized spacial score (nSPS) is 12.0. The maximum Gasteiger partial charge on any atom is 0.171 e. The van der Waals surface area contributed by atoms with E-state index in [2.05, 4.69) is 91.0 Å². The van der Waals surface area contributed by atoms with Gasteiger partial charge in [0.15, 0.2) is 7.14 Å². The monoisotopic (exact) mass is 642 g/mol. The third-order valence-electron chi connectivity index (χ3n) is 8.96. The van der Waals surface area contributed by atoms with E-state index in [9.17, 15) is 0 Å². The summed E-state index contributed by atoms with van der Waals surface area (Å²) in [6, 6.07) is 57.2. The highest BCUT2D eigenvalue weighted by Crippen LogP contribution is 2.44. The molecular weight excluding hydrogens is 616 g/mol. The Balaban J connectivity index is 1.16. The molecule has 0 radical (unpaired) electrons. The topological polar surface area (TPSA) is 17.1 Å². The Labute approximate surface area is 275 Å². The van der Waals surface area contributed by atoms with Crippen molar-refractivity contribution >= 4 is 86.1 Å². The van der Waals surface area contributed by atoms with E-state index >= 15 is 4.57 Å². The molecule has 1 nitrogen and oxygen atoms in total. The summed E-state index contributed by atoms with van der Waals surface area (Å²) in [4.78, 5) is 0. The van der Waals surface area contributed by atoms with Gasteiger partial charge in [-0.25, -0.2) is 0 Å². The summed E-state index contributed by atoms with van der Waals surface area (Å²) in [7, 11) is -3.07. The van der Waals surface area contributed by atoms with Gasteiger partial charge in [-0.3, -0.25) is 0 Å². The van der Waals surface area contributed by atoms with Gasteiger partial charge in [-0.15, -0.1) is 22.7 Å². The molecule has 0 saturated heterocycles. The summed E-state index contributed by atoms with van der Waals surface area (Å²) >= 11 is 3.69. The molecule has 7 aromatic carbocycles. The van der Waals surface area contributed by atoms with Crippen LogP contribution in [0.3, 0.4) is 0 Å². The van der Waals surface area contributed by atoms with Crippen LogP contribution in [0.5, 0.6) is 0 Å². The average molecular weight is 643 g/mol. The van der Waals surface area contributed by atoms with E-state index in [0.717, 1.165) is 27.0 Å². The second-order valence-electron chi connectivity index (χ2n) is 11.7. The lowest BCUT2D eigenvalue weighted by atomic mass is 9.99. The molecule has 0 bridgehead atoms. The van der Waals surface area contributed by atoms with Crippen LogP contribution in [0, 0.1) is 0 Å². The van der Waals surface area contributed by atoms with Crippen LogP contribution < -0.4 is 15.9 Å². The zero-order valence-electron chi connectivity index (χ0n) is 24.8. The third kappa shape index (κ3) is 4.47. The van der Waals surface area contributed by atoms with Crippen LogP contribution in [-0.2, 0) is 4.57 Å². The standard InChI is InChI=1S/C42H27OPS2/c43-44(32-11-3-1-4-12-32,33-13-5-2-6-14-33)34-15-9-10-28(24-34)29-18-22-41-37(26-29)38-27-31(20-23-42(38)46-41)30-19-21-40-36(25-30)35-16-7-8-17-39(35)45-40/h1-27H. The van der Waals surface area contributed by atoms with Gasteiger partial charge in [0.05, 0.1) is 0 Å². The van der Waals surface area contributed by atoms with Crippen molar-refractivity contribution in [2.45, 2.75) is 0 Å². The summed E-state index contributed by atoms with van der Waals surface area (Å²) < 4.78 is 20.3. The lowest BCUT2D eigenvalue weighted by Crippen LogP contribution is -2.25. The van der Waals surface area contributed by atoms with Crippen molar-refractivity contribution in [2.24, 2.45) is 0 Å². The van der Waals surface area contributed by atoms with Crippen molar-refractivity contribution in [1.82, 2.24) is 0 Å². The zero-order valence-corrected chi connectivity index (χ0v) is 27.3. The molecule has 0 saturated carbocycles. The third-order valence-corrected chi connectivity index (χ3v) is 14.3. The molecule has 0 spiro atoms. The molecule has 0 amide bonds. The summed E-state index contributed by atoms with van der Waals surface area (Å²) in [5.41, 5.74) is 4.65. The second-order valence-corrected chi connectivity index (χ2v) is 16.6. The minimum atomic E-state index is -3.07. The highest BCUT2D eigenvalue weighted by atomic mass is 32.1. The first-order valence-electron chi connectivity index (χ1n) is 15.4. The molecule has 218 valence electrons. The van der Waals surface area contributed by atoms with Crippen molar-refractivity contribution in [2.75, 3.05) is 0 Å². The SMILES string of the molecule is O=P(c1ccccc1)(c1ccccc1)c1cccc(-c2ccc3sc4ccc(-c5ccc6sc7ccccc7c6c5)cc4c3c2)c1. The maximum atomic E-state index is 15.1. The lowest BCUT2D eigenvalue weighted by Gasteiger charge is -2.20. The van der Waals surface area contributed by atoms with E-state index in [4.69, 9.17) is 0 Å². The van der Waals surface area contributed by atoms with Crippen LogP contribution in [-0.4, -0.2) is 0 Å². The van der Waals surface area contributed by atoms with Crippen LogP contribution in [0.1, 0.15) is 0 Å². The van der Waals surface area contributed by atoms with Gasteiger partial charge in [-0.1, -0.05) is 115 Å². The lowest BCUT2D eigenvalue weighted by molar-refractivity contribution is 0.592. The quantitative estimate of drug-likeness (QED) is 0.171. The molecule has 0 N–H and O–H groups in total. The first-order valence-corrected chi connectivity index (χ1v) is 18.7.